The molecule has 2 fully saturated rings. The molecule has 490 valence electrons. The number of carbonyl (C=O) groups is 10. The summed E-state index contributed by atoms with van der Waals surface area (Å²) in [5, 5.41) is 9.83. The molecule has 0 amide bonds. The molecule has 3 aromatic carbocycles. The van der Waals surface area contributed by atoms with Crippen LogP contribution in [0.4, 0.5) is 0 Å². The average Bonchev–Trinajstić information content (AvgIpc) is 1.55. The molecule has 0 saturated heterocycles. The molecule has 92 heavy (non-hydrogen) atoms. The summed E-state index contributed by atoms with van der Waals surface area (Å²) in [5.41, 5.74) is 2.45. The lowest BCUT2D eigenvalue weighted by molar-refractivity contribution is -0.157. The summed E-state index contributed by atoms with van der Waals surface area (Å²) in [6, 6.07) is 15.4. The highest BCUT2D eigenvalue weighted by atomic mass is 32.2. The number of thioether (sulfide) groups is 2. The SMILES string of the molecule is [C-]#[N+]/C(C#N)=C1/Sc2c(OC(=O)C3CCC(C(=O)Oc4ccc(CCOC(=O)CCC(=O)OCC(C)OC(C)COC(=O)C=C)cc4)CC3)c(C)c(C)c(OC(=O)C3CCC(C(=O)Oc4ccc(CCOC(=O)CCC(=O)OC(C)COC(=O)C=C)cc4)CC3)c2S1. The minimum absolute atomic E-state index is 0.0114. The van der Waals surface area contributed by atoms with Gasteiger partial charge < -0.3 is 52.1 Å². The standard InChI is InChI=1S/C67H74N2O21S2/c1-9-53(70)82-36-39(3)85-40(4)37-84-57(74)28-27-55(72)80-33-31-44-11-23-50(24-12-44)87-63(76)46-15-19-48(20-16-46)65(78)89-59-42(6)43(7)60(62-61(59)91-67(92-62)52(35-68)69-8)90-66(79)49-21-17-47(18-22-49)64(77)88-51-25-13-45(14-26-51)32-34-81-56(73)29-30-58(75)86-41(5)38-83-54(71)10-2/h9-14,23-26,39-41,46-49H,1-2,15-22,27-34,36-38H2,3-7H3/b67-52-. The van der Waals surface area contributed by atoms with Crippen molar-refractivity contribution in [2.75, 3.05) is 33.0 Å². The summed E-state index contributed by atoms with van der Waals surface area (Å²) in [6.07, 6.45) is 3.17. The highest BCUT2D eigenvalue weighted by Crippen LogP contribution is 2.61. The van der Waals surface area contributed by atoms with Gasteiger partial charge in [0.25, 0.3) is 5.70 Å². The van der Waals surface area contributed by atoms with E-state index in [-0.39, 0.29) is 75.9 Å². The first-order chi connectivity index (χ1) is 44.1. The van der Waals surface area contributed by atoms with E-state index in [0.29, 0.717) is 101 Å². The molecule has 3 aliphatic rings. The molecule has 2 saturated carbocycles. The van der Waals surface area contributed by atoms with Gasteiger partial charge in [0, 0.05) is 25.0 Å². The molecule has 0 aromatic heterocycles. The zero-order valence-corrected chi connectivity index (χ0v) is 53.6. The monoisotopic (exact) mass is 1310 g/mol. The van der Waals surface area contributed by atoms with Gasteiger partial charge in [0.2, 0.25) is 0 Å². The molecule has 23 nitrogen and oxygen atoms in total. The molecule has 3 unspecified atom stereocenters. The first-order valence-electron chi connectivity index (χ1n) is 30.1. The zero-order chi connectivity index (χ0) is 66.9. The van der Waals surface area contributed by atoms with Gasteiger partial charge in [-0.1, -0.05) is 60.9 Å². The summed E-state index contributed by atoms with van der Waals surface area (Å²) >= 11 is 2.16. The largest absolute Gasteiger partial charge is 0.465 e. The highest BCUT2D eigenvalue weighted by Gasteiger charge is 2.38. The number of benzene rings is 3. The van der Waals surface area contributed by atoms with Crippen LogP contribution in [0.15, 0.2) is 93.6 Å². The van der Waals surface area contributed by atoms with Crippen molar-refractivity contribution in [3.05, 3.63) is 117 Å². The number of nitrogens with zero attached hydrogens (tertiary/aromatic N) is 2. The second-order valence-corrected chi connectivity index (χ2v) is 24.3. The van der Waals surface area contributed by atoms with E-state index in [1.165, 1.54) is 0 Å². The van der Waals surface area contributed by atoms with Crippen molar-refractivity contribution in [3.63, 3.8) is 0 Å². The van der Waals surface area contributed by atoms with Gasteiger partial charge in [0.05, 0.1) is 101 Å². The summed E-state index contributed by atoms with van der Waals surface area (Å²) in [5.74, 6) is -6.57. The number of carbonyl (C=O) groups excluding carboxylic acids is 10. The fraction of sp³-hybridized carbons (Fsp3) is 0.463. The van der Waals surface area contributed by atoms with E-state index >= 15 is 0 Å². The third kappa shape index (κ3) is 22.6. The Bertz CT molecular complexity index is 3310. The van der Waals surface area contributed by atoms with Crippen LogP contribution in [0.5, 0.6) is 23.0 Å². The van der Waals surface area contributed by atoms with Gasteiger partial charge in [-0.25, -0.2) is 19.7 Å². The van der Waals surface area contributed by atoms with Crippen LogP contribution in [0.2, 0.25) is 0 Å². The van der Waals surface area contributed by atoms with Crippen LogP contribution < -0.4 is 18.9 Å². The van der Waals surface area contributed by atoms with E-state index in [4.69, 9.17) is 58.7 Å². The number of ether oxygens (including phenoxy) is 11. The molecular formula is C67H74N2O21S2. The minimum atomic E-state index is -0.701. The van der Waals surface area contributed by atoms with Crippen molar-refractivity contribution >= 4 is 83.2 Å². The molecular weight excluding hydrogens is 1230 g/mol. The lowest BCUT2D eigenvalue weighted by Gasteiger charge is -2.27. The Morgan fingerprint density at radius 3 is 1.25 bits per heavy atom. The van der Waals surface area contributed by atoms with Gasteiger partial charge in [-0.05, 0) is 133 Å². The van der Waals surface area contributed by atoms with Crippen LogP contribution in [0.25, 0.3) is 4.85 Å². The first-order valence-corrected chi connectivity index (χ1v) is 31.7. The number of hydrogen-bond donors (Lipinski definition) is 0. The molecule has 3 aromatic rings. The van der Waals surface area contributed by atoms with Crippen LogP contribution in [-0.4, -0.2) is 111 Å². The van der Waals surface area contributed by atoms with E-state index in [1.54, 1.807) is 83.1 Å². The van der Waals surface area contributed by atoms with Crippen molar-refractivity contribution < 1.29 is 100 Å². The molecule has 2 aliphatic carbocycles. The van der Waals surface area contributed by atoms with E-state index in [2.05, 4.69) is 18.0 Å². The van der Waals surface area contributed by atoms with Crippen molar-refractivity contribution in [2.24, 2.45) is 23.7 Å². The number of nitriles is 1. The molecule has 1 aliphatic heterocycles. The van der Waals surface area contributed by atoms with Crippen molar-refractivity contribution in [1.82, 2.24) is 0 Å². The molecule has 0 N–H and O–H groups in total. The Hall–Kier alpha value is -8.78. The lowest BCUT2D eigenvalue weighted by atomic mass is 9.82. The topological polar surface area (TPSA) is 300 Å². The Morgan fingerprint density at radius 1 is 0.533 bits per heavy atom. The van der Waals surface area contributed by atoms with Gasteiger partial charge in [-0.2, -0.15) is 0 Å². The third-order valence-corrected chi connectivity index (χ3v) is 17.6. The Kier molecular flexibility index (Phi) is 28.5. The molecule has 1 heterocycles. The number of fused-ring (bicyclic) bond motifs is 1. The summed E-state index contributed by atoms with van der Waals surface area (Å²) in [7, 11) is 0. The zero-order valence-electron chi connectivity index (χ0n) is 51.9. The van der Waals surface area contributed by atoms with Crippen LogP contribution in [0.1, 0.15) is 120 Å². The molecule has 0 radical (unpaired) electrons. The van der Waals surface area contributed by atoms with Crippen molar-refractivity contribution in [2.45, 2.75) is 153 Å². The van der Waals surface area contributed by atoms with Gasteiger partial charge >= 0.3 is 59.7 Å². The van der Waals surface area contributed by atoms with Gasteiger partial charge in [-0.15, -0.1) is 0 Å². The molecule has 0 spiro atoms. The normalized spacial score (nSPS) is 18.0. The van der Waals surface area contributed by atoms with E-state index < -0.39 is 102 Å². The second kappa shape index (κ2) is 36.3. The van der Waals surface area contributed by atoms with Crippen LogP contribution in [0, 0.1) is 55.4 Å². The number of esters is 10. The fourth-order valence-electron chi connectivity index (χ4n) is 9.79. The Morgan fingerprint density at radius 2 is 0.880 bits per heavy atom. The van der Waals surface area contributed by atoms with Crippen molar-refractivity contribution in [1.29, 1.82) is 5.26 Å². The maximum absolute atomic E-state index is 13.9. The molecule has 25 heteroatoms. The smallest absolute Gasteiger partial charge is 0.330 e. The van der Waals surface area contributed by atoms with Gasteiger partial charge in [-0.3, -0.25) is 38.4 Å². The van der Waals surface area contributed by atoms with Crippen LogP contribution >= 0.6 is 23.5 Å². The number of allylic oxidation sites excluding steroid dienone is 1. The third-order valence-electron chi connectivity index (χ3n) is 15.0. The maximum atomic E-state index is 13.9. The van der Waals surface area contributed by atoms with Crippen LogP contribution in [0.3, 0.4) is 0 Å². The predicted octanol–water partition coefficient (Wildman–Crippen LogP) is 10.2. The minimum Gasteiger partial charge on any atom is -0.465 e. The maximum Gasteiger partial charge on any atom is 0.330 e. The Balaban J connectivity index is 0.915. The summed E-state index contributed by atoms with van der Waals surface area (Å²) < 4.78 is 60.3. The molecule has 6 rings (SSSR count). The van der Waals surface area contributed by atoms with Crippen LogP contribution in [-0.2, 0) is 93.9 Å². The predicted molar refractivity (Wildman–Crippen MR) is 330 cm³/mol. The van der Waals surface area contributed by atoms with Gasteiger partial charge in [0.15, 0.2) is 0 Å². The summed E-state index contributed by atoms with van der Waals surface area (Å²) in [6.45, 7) is 22.6. The quantitative estimate of drug-likeness (QED) is 0.0144. The average molecular weight is 1310 g/mol. The number of rotatable bonds is 31. The van der Waals surface area contributed by atoms with Gasteiger partial charge in [0.1, 0.15) is 48.9 Å². The van der Waals surface area contributed by atoms with E-state index in [9.17, 15) is 53.2 Å². The highest BCUT2D eigenvalue weighted by molar-refractivity contribution is 8.24. The number of hydrogen-bond acceptors (Lipinski definition) is 24. The van der Waals surface area contributed by atoms with E-state index in [0.717, 1.165) is 46.8 Å². The lowest BCUT2D eigenvalue weighted by Crippen LogP contribution is -2.31. The fourth-order valence-corrected chi connectivity index (χ4v) is 12.4. The second-order valence-electron chi connectivity index (χ2n) is 22.0. The summed E-state index contributed by atoms with van der Waals surface area (Å²) in [4.78, 5) is 130. The van der Waals surface area contributed by atoms with E-state index in [1.807, 2.05) is 6.07 Å². The Labute approximate surface area is 541 Å². The first kappa shape index (κ1) is 72.3. The van der Waals surface area contributed by atoms with Crippen molar-refractivity contribution in [3.8, 4) is 29.1 Å². The molecule has 0 bridgehead atoms. The molecule has 3 atom stereocenters.